The van der Waals surface area contributed by atoms with Crippen LogP contribution in [0.1, 0.15) is 6.42 Å². The lowest BCUT2D eigenvalue weighted by Gasteiger charge is -2.18. The molecule has 1 heterocycles. The lowest BCUT2D eigenvalue weighted by atomic mass is 10.1. The number of halogens is 3. The molecular weight excluding hydrogens is 316 g/mol. The Balaban J connectivity index is 2.23. The summed E-state index contributed by atoms with van der Waals surface area (Å²) < 4.78 is 33.9. The maximum absolute atomic E-state index is 12.6. The van der Waals surface area contributed by atoms with Gasteiger partial charge in [-0.3, -0.25) is 4.79 Å². The smallest absolute Gasteiger partial charge is 0.302 e. The molecule has 1 aromatic carbocycles. The molecule has 1 aliphatic heterocycles. The molecule has 1 saturated heterocycles. The van der Waals surface area contributed by atoms with Crippen molar-refractivity contribution in [2.45, 2.75) is 6.42 Å². The van der Waals surface area contributed by atoms with Crippen LogP contribution >= 0.6 is 23.2 Å². The topological polar surface area (TPSA) is 54.5 Å². The molecule has 0 spiro atoms. The third-order valence-corrected chi connectivity index (χ3v) is 4.26. The average molecular weight is 326 g/mol. The Labute approximate surface area is 120 Å². The molecule has 1 amide bonds. The molecule has 8 heteroatoms. The highest BCUT2D eigenvalue weighted by Crippen LogP contribution is 2.33. The van der Waals surface area contributed by atoms with Crippen molar-refractivity contribution in [3.63, 3.8) is 0 Å². The summed E-state index contributed by atoms with van der Waals surface area (Å²) in [5.74, 6) is -1.52. The molecule has 1 aromatic rings. The van der Waals surface area contributed by atoms with Crippen molar-refractivity contribution in [3.8, 4) is 0 Å². The fourth-order valence-electron chi connectivity index (χ4n) is 2.10. The van der Waals surface area contributed by atoms with E-state index in [9.17, 15) is 17.1 Å². The zero-order valence-electron chi connectivity index (χ0n) is 9.64. The van der Waals surface area contributed by atoms with Gasteiger partial charge in [0.25, 0.3) is 0 Å². The highest BCUT2D eigenvalue weighted by Gasteiger charge is 2.34. The first-order chi connectivity index (χ1) is 8.76. The number of carbonyl (C=O) groups excluding carboxylic acids is 1. The number of nitrogens with zero attached hydrogens (tertiary/aromatic N) is 1. The second-order valence-electron chi connectivity index (χ2n) is 4.38. The van der Waals surface area contributed by atoms with Gasteiger partial charge in [-0.25, -0.2) is 0 Å². The maximum Gasteiger partial charge on any atom is 0.302 e. The Hall–Kier alpha value is -0.850. The minimum absolute atomic E-state index is 0.0218. The largest absolute Gasteiger partial charge is 0.311 e. The van der Waals surface area contributed by atoms with Crippen molar-refractivity contribution in [2.24, 2.45) is 5.92 Å². The summed E-state index contributed by atoms with van der Waals surface area (Å²) in [4.78, 5) is 13.2. The Morgan fingerprint density at radius 2 is 2.05 bits per heavy atom. The number of carbonyl (C=O) groups is 1. The molecule has 19 heavy (non-hydrogen) atoms. The van der Waals surface area contributed by atoms with E-state index in [0.717, 1.165) is 0 Å². The van der Waals surface area contributed by atoms with Crippen LogP contribution in [0.3, 0.4) is 0 Å². The third kappa shape index (κ3) is 3.58. The van der Waals surface area contributed by atoms with Crippen molar-refractivity contribution in [1.29, 1.82) is 0 Å². The Morgan fingerprint density at radius 3 is 2.68 bits per heavy atom. The summed E-state index contributed by atoms with van der Waals surface area (Å²) in [7, 11) is -4.59. The van der Waals surface area contributed by atoms with Gasteiger partial charge in [-0.2, -0.15) is 8.42 Å². The van der Waals surface area contributed by atoms with Crippen molar-refractivity contribution in [1.82, 2.24) is 0 Å². The summed E-state index contributed by atoms with van der Waals surface area (Å²) in [6.45, 7) is 0.113. The molecule has 1 atom stereocenters. The van der Waals surface area contributed by atoms with E-state index in [4.69, 9.17) is 23.2 Å². The minimum atomic E-state index is -4.59. The maximum atomic E-state index is 12.6. The first kappa shape index (κ1) is 14.6. The van der Waals surface area contributed by atoms with Gasteiger partial charge < -0.3 is 4.90 Å². The number of anilines is 1. The summed E-state index contributed by atoms with van der Waals surface area (Å²) in [6.07, 6.45) is -0.0218. The van der Waals surface area contributed by atoms with Crippen LogP contribution in [0.15, 0.2) is 18.2 Å². The van der Waals surface area contributed by atoms with Crippen LogP contribution < -0.4 is 4.90 Å². The highest BCUT2D eigenvalue weighted by atomic mass is 35.5. The molecule has 0 aromatic heterocycles. The standard InChI is InChI=1S/C11H10Cl2FNO3S/c12-8-1-2-9(13)10(4-8)15-5-7(3-11(15)16)6-19(14,17)18/h1-2,4,7H,3,5-6H2. The molecule has 2 rings (SSSR count). The monoisotopic (exact) mass is 325 g/mol. The molecule has 104 valence electrons. The van der Waals surface area contributed by atoms with Crippen molar-refractivity contribution in [3.05, 3.63) is 28.2 Å². The Bertz CT molecular complexity index is 620. The van der Waals surface area contributed by atoms with Crippen LogP contribution in [-0.4, -0.2) is 26.6 Å². The SMILES string of the molecule is O=C1CC(CS(=O)(=O)F)CN1c1cc(Cl)ccc1Cl. The second-order valence-corrected chi connectivity index (χ2v) is 6.63. The van der Waals surface area contributed by atoms with Crippen LogP contribution in [0, 0.1) is 5.92 Å². The molecule has 0 bridgehead atoms. The molecular formula is C11H10Cl2FNO3S. The summed E-state index contributed by atoms with van der Waals surface area (Å²) in [6, 6.07) is 4.65. The van der Waals surface area contributed by atoms with E-state index < -0.39 is 21.9 Å². The summed E-state index contributed by atoms with van der Waals surface area (Å²) in [5, 5.41) is 0.746. The predicted molar refractivity (Wildman–Crippen MR) is 71.8 cm³/mol. The van der Waals surface area contributed by atoms with E-state index in [0.29, 0.717) is 15.7 Å². The van der Waals surface area contributed by atoms with Crippen LogP contribution in [-0.2, 0) is 15.0 Å². The van der Waals surface area contributed by atoms with Gasteiger partial charge in [0, 0.05) is 23.9 Å². The molecule has 0 N–H and O–H groups in total. The van der Waals surface area contributed by atoms with Crippen molar-refractivity contribution >= 4 is 45.0 Å². The summed E-state index contributed by atoms with van der Waals surface area (Å²) in [5.41, 5.74) is 0.415. The van der Waals surface area contributed by atoms with Gasteiger partial charge in [0.05, 0.1) is 16.5 Å². The zero-order valence-corrected chi connectivity index (χ0v) is 12.0. The normalized spacial score (nSPS) is 20.1. The Morgan fingerprint density at radius 1 is 1.37 bits per heavy atom. The lowest BCUT2D eigenvalue weighted by Crippen LogP contribution is -2.25. The minimum Gasteiger partial charge on any atom is -0.311 e. The molecule has 1 unspecified atom stereocenters. The van der Waals surface area contributed by atoms with Crippen LogP contribution in [0.5, 0.6) is 0 Å². The molecule has 4 nitrogen and oxygen atoms in total. The molecule has 0 aliphatic carbocycles. The fourth-order valence-corrected chi connectivity index (χ4v) is 3.27. The third-order valence-electron chi connectivity index (χ3n) is 2.84. The van der Waals surface area contributed by atoms with Crippen molar-refractivity contribution in [2.75, 3.05) is 17.2 Å². The summed E-state index contributed by atoms with van der Waals surface area (Å²) >= 11 is 11.8. The van der Waals surface area contributed by atoms with Gasteiger partial charge in [0.1, 0.15) is 0 Å². The number of hydrogen-bond acceptors (Lipinski definition) is 3. The number of rotatable bonds is 3. The van der Waals surface area contributed by atoms with E-state index >= 15 is 0 Å². The fraction of sp³-hybridized carbons (Fsp3) is 0.364. The van der Waals surface area contributed by atoms with Gasteiger partial charge in [-0.1, -0.05) is 23.2 Å². The number of amides is 1. The first-order valence-electron chi connectivity index (χ1n) is 5.44. The van der Waals surface area contributed by atoms with E-state index in [1.807, 2.05) is 0 Å². The van der Waals surface area contributed by atoms with Crippen LogP contribution in [0.2, 0.25) is 10.0 Å². The van der Waals surface area contributed by atoms with Crippen molar-refractivity contribution < 1.29 is 17.1 Å². The van der Waals surface area contributed by atoms with E-state index in [1.165, 1.54) is 11.0 Å². The highest BCUT2D eigenvalue weighted by molar-refractivity contribution is 7.86. The molecule has 0 saturated carbocycles. The van der Waals surface area contributed by atoms with Crippen LogP contribution in [0.4, 0.5) is 9.57 Å². The van der Waals surface area contributed by atoms with Gasteiger partial charge in [0.15, 0.2) is 0 Å². The molecule has 1 aliphatic rings. The first-order valence-corrected chi connectivity index (χ1v) is 7.75. The average Bonchev–Trinajstić information content (AvgIpc) is 2.60. The van der Waals surface area contributed by atoms with E-state index in [-0.39, 0.29) is 18.9 Å². The van der Waals surface area contributed by atoms with E-state index in [1.54, 1.807) is 12.1 Å². The quantitative estimate of drug-likeness (QED) is 0.803. The van der Waals surface area contributed by atoms with Gasteiger partial charge >= 0.3 is 10.2 Å². The van der Waals surface area contributed by atoms with Gasteiger partial charge in [-0.05, 0) is 18.2 Å². The predicted octanol–water partition coefficient (Wildman–Crippen LogP) is 2.65. The number of benzene rings is 1. The van der Waals surface area contributed by atoms with E-state index in [2.05, 4.69) is 0 Å². The second kappa shape index (κ2) is 5.26. The molecule has 1 fully saturated rings. The van der Waals surface area contributed by atoms with Crippen LogP contribution in [0.25, 0.3) is 0 Å². The number of hydrogen-bond donors (Lipinski definition) is 0. The molecule has 0 radical (unpaired) electrons. The Kier molecular flexibility index (Phi) is 4.03. The lowest BCUT2D eigenvalue weighted by molar-refractivity contribution is -0.117. The van der Waals surface area contributed by atoms with Gasteiger partial charge in [0.2, 0.25) is 5.91 Å². The zero-order chi connectivity index (χ0) is 14.2. The van der Waals surface area contributed by atoms with Gasteiger partial charge in [-0.15, -0.1) is 3.89 Å².